The maximum absolute atomic E-state index is 12.7. The second-order valence-electron chi connectivity index (χ2n) is 7.77. The predicted molar refractivity (Wildman–Crippen MR) is 95.1 cm³/mol. The summed E-state index contributed by atoms with van der Waals surface area (Å²) in [7, 11) is 1.51. The van der Waals surface area contributed by atoms with Gasteiger partial charge in [0.2, 0.25) is 0 Å². The lowest BCUT2D eigenvalue weighted by atomic mass is 9.74. The number of carbonyl (C=O) groups excluding carboxylic acids is 3. The van der Waals surface area contributed by atoms with E-state index in [1.54, 1.807) is 0 Å². The summed E-state index contributed by atoms with van der Waals surface area (Å²) in [5.41, 5.74) is -1.06. The van der Waals surface area contributed by atoms with Crippen molar-refractivity contribution < 1.29 is 23.9 Å². The third kappa shape index (κ3) is 7.71. The summed E-state index contributed by atoms with van der Waals surface area (Å²) >= 11 is 0. The SMILES string of the molecule is CNC(=O)O[C@H]1/C=C/CC[C@@](C)(C(=O)CCC(=O)OC(C)(C)C)CC1. The maximum Gasteiger partial charge on any atom is 0.407 e. The summed E-state index contributed by atoms with van der Waals surface area (Å²) < 4.78 is 10.5. The number of amides is 1. The van der Waals surface area contributed by atoms with E-state index in [-0.39, 0.29) is 30.7 Å². The highest BCUT2D eigenvalue weighted by Gasteiger charge is 2.34. The highest BCUT2D eigenvalue weighted by Crippen LogP contribution is 2.35. The molecule has 1 N–H and O–H groups in total. The number of allylic oxidation sites excluding steroid dienone is 1. The van der Waals surface area contributed by atoms with Crippen LogP contribution in [-0.4, -0.2) is 36.6 Å². The van der Waals surface area contributed by atoms with E-state index in [1.807, 2.05) is 39.8 Å². The van der Waals surface area contributed by atoms with Crippen molar-refractivity contribution in [3.8, 4) is 0 Å². The van der Waals surface area contributed by atoms with Gasteiger partial charge in [-0.2, -0.15) is 0 Å². The van der Waals surface area contributed by atoms with Crippen LogP contribution >= 0.6 is 0 Å². The second-order valence-corrected chi connectivity index (χ2v) is 7.77. The normalized spacial score (nSPS) is 25.2. The van der Waals surface area contributed by atoms with Gasteiger partial charge in [-0.3, -0.25) is 9.59 Å². The molecule has 0 bridgehead atoms. The molecule has 0 saturated heterocycles. The number of alkyl carbamates (subject to hydrolysis) is 1. The Hall–Kier alpha value is -1.85. The fourth-order valence-corrected chi connectivity index (χ4v) is 2.82. The van der Waals surface area contributed by atoms with Crippen LogP contribution in [0.5, 0.6) is 0 Å². The summed E-state index contributed by atoms with van der Waals surface area (Å²) in [6.45, 7) is 7.35. The topological polar surface area (TPSA) is 81.7 Å². The van der Waals surface area contributed by atoms with Crippen molar-refractivity contribution in [2.75, 3.05) is 7.05 Å². The predicted octanol–water partition coefficient (Wildman–Crippen LogP) is 3.54. The zero-order valence-electron chi connectivity index (χ0n) is 16.0. The number of esters is 1. The molecule has 0 aliphatic heterocycles. The molecule has 0 aromatic carbocycles. The monoisotopic (exact) mass is 353 g/mol. The maximum atomic E-state index is 12.7. The summed E-state index contributed by atoms with van der Waals surface area (Å²) in [5, 5.41) is 2.43. The van der Waals surface area contributed by atoms with Gasteiger partial charge in [-0.25, -0.2) is 4.79 Å². The van der Waals surface area contributed by atoms with Crippen LogP contribution in [0.2, 0.25) is 0 Å². The molecule has 2 atom stereocenters. The number of carbonyl (C=O) groups is 3. The zero-order valence-corrected chi connectivity index (χ0v) is 16.0. The molecular weight excluding hydrogens is 322 g/mol. The van der Waals surface area contributed by atoms with Crippen LogP contribution in [0.4, 0.5) is 4.79 Å². The van der Waals surface area contributed by atoms with Gasteiger partial charge in [0.15, 0.2) is 0 Å². The van der Waals surface area contributed by atoms with Gasteiger partial charge in [0, 0.05) is 18.9 Å². The summed E-state index contributed by atoms with van der Waals surface area (Å²) in [4.78, 5) is 35.9. The molecule has 0 aromatic heterocycles. The zero-order chi connectivity index (χ0) is 19.1. The number of hydrogen-bond acceptors (Lipinski definition) is 5. The third-order valence-electron chi connectivity index (χ3n) is 4.31. The van der Waals surface area contributed by atoms with E-state index in [9.17, 15) is 14.4 Å². The van der Waals surface area contributed by atoms with Crippen LogP contribution in [0.25, 0.3) is 0 Å². The van der Waals surface area contributed by atoms with E-state index < -0.39 is 17.1 Å². The van der Waals surface area contributed by atoms with Crippen LogP contribution in [0, 0.1) is 5.41 Å². The Labute approximate surface area is 150 Å². The number of nitrogens with one attached hydrogen (secondary N) is 1. The molecule has 25 heavy (non-hydrogen) atoms. The van der Waals surface area contributed by atoms with E-state index in [2.05, 4.69) is 5.32 Å². The molecule has 1 amide bonds. The molecule has 0 spiro atoms. The van der Waals surface area contributed by atoms with Crippen molar-refractivity contribution >= 4 is 17.8 Å². The Balaban J connectivity index is 2.60. The Morgan fingerprint density at radius 1 is 1.20 bits per heavy atom. The van der Waals surface area contributed by atoms with Crippen molar-refractivity contribution in [2.45, 2.75) is 77.9 Å². The first-order valence-electron chi connectivity index (χ1n) is 8.86. The lowest BCUT2D eigenvalue weighted by Gasteiger charge is -2.31. The van der Waals surface area contributed by atoms with Crippen LogP contribution in [-0.2, 0) is 19.1 Å². The van der Waals surface area contributed by atoms with Crippen molar-refractivity contribution in [3.63, 3.8) is 0 Å². The molecule has 1 rings (SSSR count). The average molecular weight is 353 g/mol. The average Bonchev–Trinajstić information content (AvgIpc) is 2.50. The first-order valence-corrected chi connectivity index (χ1v) is 8.86. The molecular formula is C19H31NO5. The Morgan fingerprint density at radius 3 is 2.48 bits per heavy atom. The molecule has 0 saturated carbocycles. The number of ketones is 1. The standard InChI is InChI=1S/C19H31NO5/c1-18(2,3)25-16(22)10-9-15(21)19(4)12-7-6-8-14(11-13-19)24-17(23)20-5/h6,8,14H,7,9-13H2,1-5H3,(H,20,23)/b8-6+/t14-,19+/m0/s1. The van der Waals surface area contributed by atoms with Crippen molar-refractivity contribution in [2.24, 2.45) is 5.41 Å². The fourth-order valence-electron chi connectivity index (χ4n) is 2.82. The fraction of sp³-hybridized carbons (Fsp3) is 0.737. The van der Waals surface area contributed by atoms with Crippen molar-refractivity contribution in [3.05, 3.63) is 12.2 Å². The van der Waals surface area contributed by atoms with Gasteiger partial charge < -0.3 is 14.8 Å². The number of rotatable bonds is 5. The second kappa shape index (κ2) is 9.02. The first-order chi connectivity index (χ1) is 11.6. The first kappa shape index (κ1) is 21.2. The van der Waals surface area contributed by atoms with E-state index in [0.29, 0.717) is 12.8 Å². The van der Waals surface area contributed by atoms with Gasteiger partial charge in [0.05, 0.1) is 6.42 Å². The number of ether oxygens (including phenoxy) is 2. The molecule has 0 heterocycles. The molecule has 0 radical (unpaired) electrons. The molecule has 0 aromatic rings. The molecule has 0 fully saturated rings. The summed E-state index contributed by atoms with van der Waals surface area (Å²) in [5.74, 6) is -0.289. The minimum Gasteiger partial charge on any atom is -0.460 e. The van der Waals surface area contributed by atoms with Gasteiger partial charge in [0.25, 0.3) is 0 Å². The Bertz CT molecular complexity index is 520. The van der Waals surface area contributed by atoms with E-state index in [0.717, 1.165) is 12.8 Å². The molecule has 6 heteroatoms. The quantitative estimate of drug-likeness (QED) is 0.604. The lowest BCUT2D eigenvalue weighted by molar-refractivity contribution is -0.156. The van der Waals surface area contributed by atoms with Gasteiger partial charge in [-0.1, -0.05) is 13.0 Å². The Morgan fingerprint density at radius 2 is 1.88 bits per heavy atom. The molecule has 1 aliphatic rings. The third-order valence-corrected chi connectivity index (χ3v) is 4.31. The van der Waals surface area contributed by atoms with E-state index in [1.165, 1.54) is 7.05 Å². The van der Waals surface area contributed by atoms with Crippen molar-refractivity contribution in [1.29, 1.82) is 0 Å². The highest BCUT2D eigenvalue weighted by molar-refractivity contribution is 5.87. The van der Waals surface area contributed by atoms with Gasteiger partial charge >= 0.3 is 12.1 Å². The molecule has 142 valence electrons. The van der Waals surface area contributed by atoms with Crippen molar-refractivity contribution in [1.82, 2.24) is 5.32 Å². The van der Waals surface area contributed by atoms with E-state index in [4.69, 9.17) is 9.47 Å². The molecule has 6 nitrogen and oxygen atoms in total. The van der Waals surface area contributed by atoms with Crippen LogP contribution in [0.1, 0.15) is 66.2 Å². The molecule has 1 aliphatic carbocycles. The van der Waals surface area contributed by atoms with Crippen LogP contribution < -0.4 is 5.32 Å². The minimum atomic E-state index is -0.542. The summed E-state index contributed by atoms with van der Waals surface area (Å²) in [6, 6.07) is 0. The summed E-state index contributed by atoms with van der Waals surface area (Å²) in [6.07, 6.45) is 5.95. The van der Waals surface area contributed by atoms with Gasteiger partial charge in [-0.15, -0.1) is 0 Å². The van der Waals surface area contributed by atoms with Gasteiger partial charge in [0.1, 0.15) is 17.5 Å². The van der Waals surface area contributed by atoms with Crippen LogP contribution in [0.3, 0.4) is 0 Å². The number of Topliss-reactive ketones (excluding diaryl/α,β-unsaturated/α-hetero) is 1. The smallest absolute Gasteiger partial charge is 0.407 e. The largest absolute Gasteiger partial charge is 0.460 e. The highest BCUT2D eigenvalue weighted by atomic mass is 16.6. The van der Waals surface area contributed by atoms with E-state index >= 15 is 0 Å². The van der Waals surface area contributed by atoms with Crippen LogP contribution in [0.15, 0.2) is 12.2 Å². The lowest BCUT2D eigenvalue weighted by Crippen LogP contribution is -2.32. The Kier molecular flexibility index (Phi) is 7.64. The molecule has 0 unspecified atom stereocenters. The number of hydrogen-bond donors (Lipinski definition) is 1. The minimum absolute atomic E-state index is 0.0624. The van der Waals surface area contributed by atoms with Gasteiger partial charge in [-0.05, 0) is 52.5 Å².